The summed E-state index contributed by atoms with van der Waals surface area (Å²) in [5.41, 5.74) is 1.47. The third kappa shape index (κ3) is 3.72. The maximum absolute atomic E-state index is 12.8. The first-order chi connectivity index (χ1) is 11.2. The Morgan fingerprint density at radius 2 is 1.83 bits per heavy atom. The molecule has 0 fully saturated rings. The first-order valence-electron chi connectivity index (χ1n) is 6.40. The molecule has 0 aromatic heterocycles. The molecule has 2 rings (SSSR count). The van der Waals surface area contributed by atoms with Crippen LogP contribution in [0.15, 0.2) is 42.5 Å². The summed E-state index contributed by atoms with van der Waals surface area (Å²) in [6.07, 6.45) is -4.65. The van der Waals surface area contributed by atoms with Crippen molar-refractivity contribution in [3.05, 3.63) is 63.7 Å². The summed E-state index contributed by atoms with van der Waals surface area (Å²) in [7, 11) is 0. The molecule has 0 unspecified atom stereocenters. The Bertz CT molecular complexity index is 793. The van der Waals surface area contributed by atoms with Crippen LogP contribution in [0.1, 0.15) is 15.9 Å². The number of phenolic OH excluding ortho intramolecular Hbond substituents is 1. The van der Waals surface area contributed by atoms with Gasteiger partial charge in [0.05, 0.1) is 16.2 Å². The molecule has 2 aromatic carbocycles. The van der Waals surface area contributed by atoms with Crippen LogP contribution in [0.25, 0.3) is 0 Å². The van der Waals surface area contributed by atoms with Crippen molar-refractivity contribution >= 4 is 17.3 Å². The molecule has 0 bridgehead atoms. The van der Waals surface area contributed by atoms with E-state index in [2.05, 4.69) is 5.43 Å². The number of anilines is 1. The molecule has 0 saturated carbocycles. The van der Waals surface area contributed by atoms with E-state index in [1.165, 1.54) is 12.1 Å². The first kappa shape index (κ1) is 17.1. The number of para-hydroxylation sites is 1. The van der Waals surface area contributed by atoms with Crippen molar-refractivity contribution in [1.82, 2.24) is 5.43 Å². The van der Waals surface area contributed by atoms with Gasteiger partial charge in [-0.3, -0.25) is 25.8 Å². The maximum atomic E-state index is 12.8. The molecule has 0 aliphatic carbocycles. The number of carbonyl (C=O) groups is 1. The SMILES string of the molecule is O=C(NNc1ccccc1C(F)(F)F)c1cc(O)ccc1[N+](=O)[O-]. The van der Waals surface area contributed by atoms with Crippen LogP contribution in [-0.2, 0) is 6.18 Å². The van der Waals surface area contributed by atoms with Crippen molar-refractivity contribution in [2.24, 2.45) is 0 Å². The van der Waals surface area contributed by atoms with Crippen molar-refractivity contribution in [2.45, 2.75) is 6.18 Å². The number of aromatic hydroxyl groups is 1. The summed E-state index contributed by atoms with van der Waals surface area (Å²) in [6.45, 7) is 0. The monoisotopic (exact) mass is 341 g/mol. The molecule has 0 saturated heterocycles. The third-order valence-electron chi connectivity index (χ3n) is 2.96. The van der Waals surface area contributed by atoms with Crippen LogP contribution in [0.4, 0.5) is 24.5 Å². The Hall–Kier alpha value is -3.30. The second-order valence-corrected chi connectivity index (χ2v) is 4.58. The maximum Gasteiger partial charge on any atom is 0.418 e. The van der Waals surface area contributed by atoms with Crippen LogP contribution in [0.3, 0.4) is 0 Å². The highest BCUT2D eigenvalue weighted by atomic mass is 19.4. The van der Waals surface area contributed by atoms with Crippen LogP contribution in [-0.4, -0.2) is 15.9 Å². The van der Waals surface area contributed by atoms with Gasteiger partial charge in [-0.25, -0.2) is 0 Å². The van der Waals surface area contributed by atoms with Gasteiger partial charge in [-0.05, 0) is 24.3 Å². The minimum atomic E-state index is -4.65. The number of hydrazine groups is 1. The van der Waals surface area contributed by atoms with E-state index in [1.807, 2.05) is 5.43 Å². The number of rotatable bonds is 4. The Labute approximate surface area is 132 Å². The fraction of sp³-hybridized carbons (Fsp3) is 0.0714. The number of nitrogens with zero attached hydrogens (tertiary/aromatic N) is 1. The van der Waals surface area contributed by atoms with E-state index in [1.54, 1.807) is 0 Å². The van der Waals surface area contributed by atoms with E-state index in [0.717, 1.165) is 30.3 Å². The Kier molecular flexibility index (Phi) is 4.58. The minimum Gasteiger partial charge on any atom is -0.508 e. The summed E-state index contributed by atoms with van der Waals surface area (Å²) in [5, 5.41) is 20.2. The highest BCUT2D eigenvalue weighted by Gasteiger charge is 2.33. The second-order valence-electron chi connectivity index (χ2n) is 4.58. The molecule has 0 radical (unpaired) electrons. The van der Waals surface area contributed by atoms with Crippen LogP contribution in [0.2, 0.25) is 0 Å². The van der Waals surface area contributed by atoms with Crippen LogP contribution in [0.5, 0.6) is 5.75 Å². The number of hydrogen-bond donors (Lipinski definition) is 3. The van der Waals surface area contributed by atoms with Crippen molar-refractivity contribution in [1.29, 1.82) is 0 Å². The zero-order valence-electron chi connectivity index (χ0n) is 11.8. The standard InChI is InChI=1S/C14H10F3N3O4/c15-14(16,17)10-3-1-2-4-11(10)18-19-13(22)9-7-8(21)5-6-12(9)20(23)24/h1-7,18,21H,(H,19,22). The lowest BCUT2D eigenvalue weighted by atomic mass is 10.1. The zero-order valence-corrected chi connectivity index (χ0v) is 11.8. The van der Waals surface area contributed by atoms with E-state index in [4.69, 9.17) is 0 Å². The molecule has 1 amide bonds. The number of amides is 1. The summed E-state index contributed by atoms with van der Waals surface area (Å²) in [5.74, 6) is -1.48. The lowest BCUT2D eigenvalue weighted by Crippen LogP contribution is -2.31. The average Bonchev–Trinajstić information content (AvgIpc) is 2.51. The van der Waals surface area contributed by atoms with Crippen molar-refractivity contribution in [3.8, 4) is 5.75 Å². The number of nitro groups is 1. The van der Waals surface area contributed by atoms with Gasteiger partial charge in [0.15, 0.2) is 0 Å². The molecule has 0 heterocycles. The fourth-order valence-electron chi connectivity index (χ4n) is 1.90. The van der Waals surface area contributed by atoms with Crippen molar-refractivity contribution in [3.63, 3.8) is 0 Å². The first-order valence-corrected chi connectivity index (χ1v) is 6.40. The van der Waals surface area contributed by atoms with Gasteiger partial charge in [-0.1, -0.05) is 12.1 Å². The van der Waals surface area contributed by atoms with E-state index < -0.39 is 45.3 Å². The number of halogens is 3. The molecule has 0 aliphatic rings. The molecule has 3 N–H and O–H groups in total. The largest absolute Gasteiger partial charge is 0.508 e. The van der Waals surface area contributed by atoms with Gasteiger partial charge in [-0.2, -0.15) is 13.2 Å². The topological polar surface area (TPSA) is 104 Å². The Morgan fingerprint density at radius 1 is 1.17 bits per heavy atom. The molecule has 7 nitrogen and oxygen atoms in total. The normalized spacial score (nSPS) is 11.0. The van der Waals surface area contributed by atoms with Gasteiger partial charge in [0.25, 0.3) is 11.6 Å². The van der Waals surface area contributed by atoms with Gasteiger partial charge in [0, 0.05) is 6.07 Å². The molecule has 126 valence electrons. The van der Waals surface area contributed by atoms with E-state index in [0.29, 0.717) is 0 Å². The van der Waals surface area contributed by atoms with Gasteiger partial charge < -0.3 is 5.11 Å². The number of hydrogen-bond acceptors (Lipinski definition) is 5. The summed E-state index contributed by atoms with van der Waals surface area (Å²) >= 11 is 0. The molecule has 10 heteroatoms. The van der Waals surface area contributed by atoms with Crippen LogP contribution >= 0.6 is 0 Å². The van der Waals surface area contributed by atoms with Crippen molar-refractivity contribution < 1.29 is 28.0 Å². The van der Waals surface area contributed by atoms with Gasteiger partial charge in [-0.15, -0.1) is 0 Å². The quantitative estimate of drug-likeness (QED) is 0.585. The smallest absolute Gasteiger partial charge is 0.418 e. The molecule has 0 aliphatic heterocycles. The highest BCUT2D eigenvalue weighted by molar-refractivity contribution is 5.99. The average molecular weight is 341 g/mol. The number of carbonyl (C=O) groups excluding carboxylic acids is 1. The van der Waals surface area contributed by atoms with Crippen LogP contribution < -0.4 is 10.9 Å². The number of benzene rings is 2. The minimum absolute atomic E-state index is 0.401. The fourth-order valence-corrected chi connectivity index (χ4v) is 1.90. The highest BCUT2D eigenvalue weighted by Crippen LogP contribution is 2.34. The zero-order chi connectivity index (χ0) is 17.9. The number of phenols is 1. The van der Waals surface area contributed by atoms with Crippen LogP contribution in [0, 0.1) is 10.1 Å². The van der Waals surface area contributed by atoms with E-state index in [-0.39, 0.29) is 0 Å². The van der Waals surface area contributed by atoms with E-state index in [9.17, 15) is 33.2 Å². The molecule has 2 aromatic rings. The molecular weight excluding hydrogens is 331 g/mol. The van der Waals surface area contributed by atoms with Gasteiger partial charge in [0.2, 0.25) is 0 Å². The summed E-state index contributed by atoms with van der Waals surface area (Å²) in [4.78, 5) is 22.0. The van der Waals surface area contributed by atoms with Gasteiger partial charge in [0.1, 0.15) is 11.3 Å². The molecule has 0 atom stereocenters. The number of nitro benzene ring substituents is 1. The summed E-state index contributed by atoms with van der Waals surface area (Å²) in [6, 6.07) is 7.15. The Balaban J connectivity index is 2.24. The number of nitrogens with one attached hydrogen (secondary N) is 2. The van der Waals surface area contributed by atoms with Crippen molar-refractivity contribution in [2.75, 3.05) is 5.43 Å². The third-order valence-corrected chi connectivity index (χ3v) is 2.96. The summed E-state index contributed by atoms with van der Waals surface area (Å²) < 4.78 is 38.5. The Morgan fingerprint density at radius 3 is 2.46 bits per heavy atom. The second kappa shape index (κ2) is 6.44. The molecule has 24 heavy (non-hydrogen) atoms. The number of alkyl halides is 3. The molecule has 0 spiro atoms. The molecular formula is C14H10F3N3O4. The van der Waals surface area contributed by atoms with E-state index >= 15 is 0 Å². The van der Waals surface area contributed by atoms with Gasteiger partial charge >= 0.3 is 6.18 Å². The predicted octanol–water partition coefficient (Wildman–Crippen LogP) is 3.08. The predicted molar refractivity (Wildman–Crippen MR) is 77.3 cm³/mol. The lowest BCUT2D eigenvalue weighted by Gasteiger charge is -2.15. The lowest BCUT2D eigenvalue weighted by molar-refractivity contribution is -0.385.